The van der Waals surface area contributed by atoms with Gasteiger partial charge in [0.15, 0.2) is 0 Å². The van der Waals surface area contributed by atoms with Gasteiger partial charge in [0, 0.05) is 47.9 Å². The van der Waals surface area contributed by atoms with Gasteiger partial charge in [0.2, 0.25) is 5.91 Å². The molecule has 1 aromatic heterocycles. The van der Waals surface area contributed by atoms with Gasteiger partial charge < -0.3 is 4.90 Å². The van der Waals surface area contributed by atoms with E-state index < -0.39 is 0 Å². The molecule has 4 heterocycles. The summed E-state index contributed by atoms with van der Waals surface area (Å²) < 4.78 is 0. The van der Waals surface area contributed by atoms with Gasteiger partial charge in [-0.05, 0) is 60.5 Å². The van der Waals surface area contributed by atoms with Crippen molar-refractivity contribution in [3.8, 4) is 0 Å². The number of carbonyl (C=O) groups is 1. The highest BCUT2D eigenvalue weighted by Crippen LogP contribution is 2.56. The predicted octanol–water partition coefficient (Wildman–Crippen LogP) is 4.83. The molecule has 30 heavy (non-hydrogen) atoms. The second kappa shape index (κ2) is 6.79. The first-order valence-electron chi connectivity index (χ1n) is 10.8. The molecule has 0 radical (unpaired) electrons. The van der Waals surface area contributed by atoms with Crippen molar-refractivity contribution in [2.45, 2.75) is 37.4 Å². The van der Waals surface area contributed by atoms with Crippen molar-refractivity contribution in [3.63, 3.8) is 0 Å². The first kappa shape index (κ1) is 18.3. The van der Waals surface area contributed by atoms with E-state index in [1.54, 1.807) is 0 Å². The van der Waals surface area contributed by atoms with Crippen LogP contribution in [0.1, 0.15) is 36.4 Å². The molecule has 1 spiro atoms. The topological polar surface area (TPSA) is 36.4 Å². The molecule has 6 rings (SSSR count). The van der Waals surface area contributed by atoms with Crippen molar-refractivity contribution >= 4 is 28.3 Å². The Morgan fingerprint density at radius 1 is 1.17 bits per heavy atom. The first-order valence-corrected chi connectivity index (χ1v) is 11.2. The zero-order valence-corrected chi connectivity index (χ0v) is 17.6. The van der Waals surface area contributed by atoms with E-state index in [1.165, 1.54) is 16.3 Å². The monoisotopic (exact) mass is 417 g/mol. The lowest BCUT2D eigenvalue weighted by atomic mass is 9.85. The van der Waals surface area contributed by atoms with Crippen LogP contribution in [0.15, 0.2) is 60.9 Å². The van der Waals surface area contributed by atoms with E-state index >= 15 is 0 Å². The second-order valence-corrected chi connectivity index (χ2v) is 9.37. The van der Waals surface area contributed by atoms with Gasteiger partial charge in [0.1, 0.15) is 5.54 Å². The fourth-order valence-corrected chi connectivity index (χ4v) is 6.52. The molecule has 0 N–H and O–H groups in total. The average molecular weight is 418 g/mol. The summed E-state index contributed by atoms with van der Waals surface area (Å²) in [6.07, 6.45) is 6.92. The van der Waals surface area contributed by atoms with Crippen LogP contribution in [0.2, 0.25) is 5.02 Å². The van der Waals surface area contributed by atoms with Crippen molar-refractivity contribution in [3.05, 3.63) is 77.1 Å². The lowest BCUT2D eigenvalue weighted by Gasteiger charge is -2.34. The Hall–Kier alpha value is -2.43. The molecular formula is C25H24ClN3O. The zero-order valence-electron chi connectivity index (χ0n) is 16.8. The van der Waals surface area contributed by atoms with Crippen LogP contribution in [0.4, 0.5) is 0 Å². The van der Waals surface area contributed by atoms with Crippen LogP contribution in [0, 0.1) is 5.92 Å². The third-order valence-electron chi connectivity index (χ3n) is 7.46. The number of benzene rings is 2. The highest BCUT2D eigenvalue weighted by molar-refractivity contribution is 6.30. The standard InChI is InChI=1S/C25H24ClN3O/c26-20-6-1-4-17(12-20)15-28-16-19-13-23(29-11-3-9-25(19,29)24(28)30)22-7-2-5-18-14-27-10-8-21(18)22/h1-2,4-8,10,12,14,19,23H,3,9,11,13,15-16H2/t19-,23-,25-/m0/s1. The number of rotatable bonds is 3. The number of carbonyl (C=O) groups excluding carboxylic acids is 1. The summed E-state index contributed by atoms with van der Waals surface area (Å²) in [5, 5.41) is 3.17. The van der Waals surface area contributed by atoms with E-state index in [2.05, 4.69) is 45.1 Å². The maximum absolute atomic E-state index is 13.8. The summed E-state index contributed by atoms with van der Waals surface area (Å²) in [4.78, 5) is 22.7. The third-order valence-corrected chi connectivity index (χ3v) is 7.70. The number of hydrogen-bond donors (Lipinski definition) is 0. The Morgan fingerprint density at radius 3 is 2.97 bits per heavy atom. The van der Waals surface area contributed by atoms with Crippen LogP contribution >= 0.6 is 11.6 Å². The van der Waals surface area contributed by atoms with Gasteiger partial charge in [0.05, 0.1) is 0 Å². The highest BCUT2D eigenvalue weighted by atomic mass is 35.5. The Labute approximate surface area is 181 Å². The Bertz CT molecular complexity index is 1140. The van der Waals surface area contributed by atoms with E-state index in [9.17, 15) is 4.79 Å². The Balaban J connectivity index is 1.34. The van der Waals surface area contributed by atoms with Crippen molar-refractivity contribution in [1.82, 2.24) is 14.8 Å². The molecule has 3 aliphatic heterocycles. The molecule has 4 nitrogen and oxygen atoms in total. The van der Waals surface area contributed by atoms with E-state index in [1.807, 2.05) is 30.6 Å². The molecule has 0 unspecified atom stereocenters. The molecule has 1 amide bonds. The zero-order chi connectivity index (χ0) is 20.3. The fraction of sp³-hybridized carbons (Fsp3) is 0.360. The molecule has 152 valence electrons. The lowest BCUT2D eigenvalue weighted by Crippen LogP contribution is -2.49. The van der Waals surface area contributed by atoms with Crippen LogP contribution in [-0.4, -0.2) is 39.3 Å². The molecule has 5 heteroatoms. The van der Waals surface area contributed by atoms with Gasteiger partial charge in [-0.2, -0.15) is 0 Å². The number of likely N-dealkylation sites (tertiary alicyclic amines) is 1. The van der Waals surface area contributed by atoms with Gasteiger partial charge in [-0.1, -0.05) is 41.9 Å². The maximum atomic E-state index is 13.8. The summed E-state index contributed by atoms with van der Waals surface area (Å²) in [6.45, 7) is 2.49. The Morgan fingerprint density at radius 2 is 2.07 bits per heavy atom. The molecule has 3 aromatic rings. The highest BCUT2D eigenvalue weighted by Gasteiger charge is 2.65. The van der Waals surface area contributed by atoms with E-state index in [4.69, 9.17) is 11.6 Å². The number of nitrogens with zero attached hydrogens (tertiary/aromatic N) is 3. The second-order valence-electron chi connectivity index (χ2n) is 8.93. The van der Waals surface area contributed by atoms with E-state index in [0.717, 1.165) is 42.9 Å². The summed E-state index contributed by atoms with van der Waals surface area (Å²) in [5.41, 5.74) is 2.13. The average Bonchev–Trinajstić information content (AvgIpc) is 3.39. The molecule has 0 saturated carbocycles. The van der Waals surface area contributed by atoms with Crippen LogP contribution in [-0.2, 0) is 11.3 Å². The van der Waals surface area contributed by atoms with Crippen molar-refractivity contribution < 1.29 is 4.79 Å². The minimum Gasteiger partial charge on any atom is -0.336 e. The van der Waals surface area contributed by atoms with Crippen molar-refractivity contribution in [2.24, 2.45) is 5.92 Å². The predicted molar refractivity (Wildman–Crippen MR) is 118 cm³/mol. The SMILES string of the molecule is O=C1N(Cc2cccc(Cl)c2)C[C@@H]2C[C@@H](c3cccc4cnccc34)N3CCC[C@@]123. The van der Waals surface area contributed by atoms with Crippen LogP contribution in [0.3, 0.4) is 0 Å². The number of aromatic nitrogens is 1. The molecule has 0 bridgehead atoms. The molecular weight excluding hydrogens is 394 g/mol. The molecule has 0 aliphatic carbocycles. The first-order chi connectivity index (χ1) is 14.7. The maximum Gasteiger partial charge on any atom is 0.243 e. The molecule has 3 fully saturated rings. The van der Waals surface area contributed by atoms with Crippen molar-refractivity contribution in [2.75, 3.05) is 13.1 Å². The van der Waals surface area contributed by atoms with Crippen molar-refractivity contribution in [1.29, 1.82) is 0 Å². The van der Waals surface area contributed by atoms with E-state index in [-0.39, 0.29) is 5.54 Å². The van der Waals surface area contributed by atoms with Crippen LogP contribution in [0.25, 0.3) is 10.8 Å². The molecule has 2 aromatic carbocycles. The number of hydrogen-bond acceptors (Lipinski definition) is 3. The fourth-order valence-electron chi connectivity index (χ4n) is 6.30. The van der Waals surface area contributed by atoms with Gasteiger partial charge in [-0.15, -0.1) is 0 Å². The summed E-state index contributed by atoms with van der Waals surface area (Å²) in [7, 11) is 0. The van der Waals surface area contributed by atoms with E-state index in [0.29, 0.717) is 24.4 Å². The normalized spacial score (nSPS) is 28.3. The molecule has 3 aliphatic rings. The minimum absolute atomic E-state index is 0.306. The lowest BCUT2D eigenvalue weighted by molar-refractivity contribution is -0.137. The van der Waals surface area contributed by atoms with Gasteiger partial charge in [-0.3, -0.25) is 14.7 Å². The number of fused-ring (bicyclic) bond motifs is 1. The third kappa shape index (κ3) is 2.57. The molecule has 3 saturated heterocycles. The smallest absolute Gasteiger partial charge is 0.243 e. The summed E-state index contributed by atoms with van der Waals surface area (Å²) in [5.74, 6) is 0.697. The number of halogens is 1. The minimum atomic E-state index is -0.321. The van der Waals surface area contributed by atoms with Gasteiger partial charge in [-0.25, -0.2) is 0 Å². The largest absolute Gasteiger partial charge is 0.336 e. The summed E-state index contributed by atoms with van der Waals surface area (Å²) in [6, 6.07) is 16.8. The number of amides is 1. The van der Waals surface area contributed by atoms with Crippen LogP contribution in [0.5, 0.6) is 0 Å². The van der Waals surface area contributed by atoms with Crippen LogP contribution < -0.4 is 0 Å². The van der Waals surface area contributed by atoms with Gasteiger partial charge >= 0.3 is 0 Å². The quantitative estimate of drug-likeness (QED) is 0.612. The molecule has 3 atom stereocenters. The summed E-state index contributed by atoms with van der Waals surface area (Å²) >= 11 is 6.17. The van der Waals surface area contributed by atoms with Gasteiger partial charge in [0.25, 0.3) is 0 Å². The number of pyridine rings is 1. The Kier molecular flexibility index (Phi) is 4.15.